The summed E-state index contributed by atoms with van der Waals surface area (Å²) >= 11 is 4.75. The highest BCUT2D eigenvalue weighted by Gasteiger charge is 2.14. The monoisotopic (exact) mass is 258 g/mol. The molecule has 0 atom stereocenters. The van der Waals surface area contributed by atoms with Crippen molar-refractivity contribution in [3.05, 3.63) is 20.7 Å². The molecular formula is C10H18N2O2SSi. The number of aromatic hydroxyl groups is 1. The molecule has 0 amide bonds. The van der Waals surface area contributed by atoms with Gasteiger partial charge in [-0.3, -0.25) is 9.78 Å². The summed E-state index contributed by atoms with van der Waals surface area (Å²) in [5.74, 6) is -0.0932. The van der Waals surface area contributed by atoms with Crippen molar-refractivity contribution >= 4 is 20.3 Å². The Hall–Kier alpha value is -0.883. The van der Waals surface area contributed by atoms with E-state index in [0.717, 1.165) is 12.5 Å². The molecule has 0 aromatic carbocycles. The lowest BCUT2D eigenvalue weighted by Gasteiger charge is -2.14. The number of hydrogen-bond acceptors (Lipinski definition) is 3. The molecule has 0 spiro atoms. The summed E-state index contributed by atoms with van der Waals surface area (Å²) in [4.78, 5) is 16.6. The van der Waals surface area contributed by atoms with Gasteiger partial charge in [0.15, 0.2) is 10.7 Å². The Morgan fingerprint density at radius 3 is 2.44 bits per heavy atom. The Kier molecular flexibility index (Phi) is 4.09. The maximum Gasteiger partial charge on any atom is 0.258 e. The molecule has 6 heteroatoms. The molecule has 1 aromatic heterocycles. The van der Waals surface area contributed by atoms with Gasteiger partial charge in [0.05, 0.1) is 5.56 Å². The first kappa shape index (κ1) is 13.2. The van der Waals surface area contributed by atoms with Crippen molar-refractivity contribution < 1.29 is 5.11 Å². The van der Waals surface area contributed by atoms with E-state index in [1.807, 2.05) is 0 Å². The largest absolute Gasteiger partial charge is 0.494 e. The lowest BCUT2D eigenvalue weighted by molar-refractivity contribution is 0.441. The molecule has 1 heterocycles. The van der Waals surface area contributed by atoms with Crippen LogP contribution in [0, 0.1) is 4.77 Å². The van der Waals surface area contributed by atoms with Gasteiger partial charge in [-0.15, -0.1) is 0 Å². The van der Waals surface area contributed by atoms with Crippen LogP contribution >= 0.6 is 12.2 Å². The van der Waals surface area contributed by atoms with Gasteiger partial charge in [-0.25, -0.2) is 0 Å². The molecule has 0 bridgehead atoms. The third-order valence-electron chi connectivity index (χ3n) is 2.37. The fraction of sp³-hybridized carbons (Fsp3) is 0.600. The molecule has 0 aliphatic carbocycles. The Morgan fingerprint density at radius 1 is 1.31 bits per heavy atom. The van der Waals surface area contributed by atoms with Gasteiger partial charge in [0.1, 0.15) is 0 Å². The molecule has 1 rings (SSSR count). The highest BCUT2D eigenvalue weighted by Crippen LogP contribution is 2.16. The molecule has 0 aliphatic rings. The van der Waals surface area contributed by atoms with E-state index in [2.05, 4.69) is 29.6 Å². The predicted octanol–water partition coefficient (Wildman–Crippen LogP) is 2.41. The first-order valence-electron chi connectivity index (χ1n) is 5.34. The van der Waals surface area contributed by atoms with Crippen LogP contribution in [0.3, 0.4) is 0 Å². The molecule has 0 radical (unpaired) electrons. The van der Waals surface area contributed by atoms with Gasteiger partial charge >= 0.3 is 0 Å². The van der Waals surface area contributed by atoms with Crippen LogP contribution in [-0.2, 0) is 6.42 Å². The molecule has 0 saturated carbocycles. The van der Waals surface area contributed by atoms with E-state index in [4.69, 9.17) is 12.2 Å². The predicted molar refractivity (Wildman–Crippen MR) is 70.4 cm³/mol. The highest BCUT2D eigenvalue weighted by molar-refractivity contribution is 7.71. The molecule has 1 aromatic rings. The zero-order chi connectivity index (χ0) is 12.3. The van der Waals surface area contributed by atoms with Crippen molar-refractivity contribution in [2.75, 3.05) is 0 Å². The van der Waals surface area contributed by atoms with Crippen molar-refractivity contribution in [2.24, 2.45) is 0 Å². The Balaban J connectivity index is 2.76. The first-order chi connectivity index (χ1) is 7.29. The second-order valence-corrected chi connectivity index (χ2v) is 11.2. The Morgan fingerprint density at radius 2 is 1.94 bits per heavy atom. The van der Waals surface area contributed by atoms with Crippen LogP contribution in [-0.4, -0.2) is 23.1 Å². The minimum absolute atomic E-state index is 0.0932. The smallest absolute Gasteiger partial charge is 0.258 e. The van der Waals surface area contributed by atoms with Gasteiger partial charge < -0.3 is 10.1 Å². The molecular weight excluding hydrogens is 240 g/mol. The summed E-state index contributed by atoms with van der Waals surface area (Å²) in [5.41, 5.74) is 0.128. The number of H-pyrrole nitrogens is 2. The van der Waals surface area contributed by atoms with Crippen LogP contribution in [0.25, 0.3) is 0 Å². The van der Waals surface area contributed by atoms with Gasteiger partial charge in [-0.1, -0.05) is 32.1 Å². The molecule has 16 heavy (non-hydrogen) atoms. The normalized spacial score (nSPS) is 11.7. The molecule has 3 N–H and O–H groups in total. The summed E-state index contributed by atoms with van der Waals surface area (Å²) in [6.07, 6.45) is 1.52. The van der Waals surface area contributed by atoms with Crippen LogP contribution < -0.4 is 5.56 Å². The van der Waals surface area contributed by atoms with Gasteiger partial charge in [-0.05, 0) is 18.6 Å². The Labute approximate surface area is 101 Å². The minimum atomic E-state index is -1.08. The minimum Gasteiger partial charge on any atom is -0.494 e. The van der Waals surface area contributed by atoms with Gasteiger partial charge in [0, 0.05) is 8.07 Å². The standard InChI is InChI=1S/C10H18N2O2SSi/c1-16(2,3)6-4-5-7-8(13)11-10(15)12-9(7)14/h4-6H2,1-3H3,(H3,11,12,13,14,15). The van der Waals surface area contributed by atoms with E-state index in [9.17, 15) is 9.90 Å². The van der Waals surface area contributed by atoms with Crippen LogP contribution in [0.5, 0.6) is 5.88 Å². The van der Waals surface area contributed by atoms with Crippen LogP contribution in [0.4, 0.5) is 0 Å². The number of rotatable bonds is 4. The van der Waals surface area contributed by atoms with Crippen molar-refractivity contribution in [3.63, 3.8) is 0 Å². The highest BCUT2D eigenvalue weighted by atomic mass is 32.1. The van der Waals surface area contributed by atoms with Gasteiger partial charge in [0.25, 0.3) is 5.56 Å². The average molecular weight is 258 g/mol. The van der Waals surface area contributed by atoms with Gasteiger partial charge in [-0.2, -0.15) is 0 Å². The van der Waals surface area contributed by atoms with E-state index < -0.39 is 8.07 Å². The van der Waals surface area contributed by atoms with Crippen LogP contribution in [0.1, 0.15) is 12.0 Å². The molecule has 0 aliphatic heterocycles. The first-order valence-corrected chi connectivity index (χ1v) is 9.45. The number of hydrogen-bond donors (Lipinski definition) is 3. The summed E-state index contributed by atoms with van der Waals surface area (Å²) in [7, 11) is -1.08. The number of nitrogens with one attached hydrogen (secondary N) is 2. The summed E-state index contributed by atoms with van der Waals surface area (Å²) < 4.78 is 0.163. The third kappa shape index (κ3) is 3.94. The number of aromatic amines is 2. The van der Waals surface area contributed by atoms with Crippen molar-refractivity contribution in [1.29, 1.82) is 0 Å². The topological polar surface area (TPSA) is 68.9 Å². The molecule has 0 unspecified atom stereocenters. The average Bonchev–Trinajstić information content (AvgIpc) is 2.07. The van der Waals surface area contributed by atoms with E-state index in [-0.39, 0.29) is 16.2 Å². The van der Waals surface area contributed by atoms with Crippen LogP contribution in [0.2, 0.25) is 25.7 Å². The zero-order valence-electron chi connectivity index (χ0n) is 9.89. The zero-order valence-corrected chi connectivity index (χ0v) is 11.7. The maximum absolute atomic E-state index is 11.5. The van der Waals surface area contributed by atoms with E-state index in [0.29, 0.717) is 12.0 Å². The van der Waals surface area contributed by atoms with E-state index in [1.165, 1.54) is 0 Å². The third-order valence-corrected chi connectivity index (χ3v) is 4.43. The van der Waals surface area contributed by atoms with Crippen LogP contribution in [0.15, 0.2) is 4.79 Å². The second kappa shape index (κ2) is 4.97. The quantitative estimate of drug-likeness (QED) is 0.574. The molecule has 0 saturated heterocycles. The SMILES string of the molecule is C[Si](C)(C)CCCc1c(O)[nH]c(=S)[nH]c1=O. The molecule has 90 valence electrons. The summed E-state index contributed by atoms with van der Waals surface area (Å²) in [6, 6.07) is 1.14. The fourth-order valence-electron chi connectivity index (χ4n) is 1.53. The second-order valence-electron chi connectivity index (χ2n) is 5.15. The van der Waals surface area contributed by atoms with E-state index in [1.54, 1.807) is 0 Å². The van der Waals surface area contributed by atoms with Gasteiger partial charge in [0.2, 0.25) is 0 Å². The lowest BCUT2D eigenvalue weighted by Crippen LogP contribution is -2.20. The molecule has 0 fully saturated rings. The summed E-state index contributed by atoms with van der Waals surface area (Å²) in [6.45, 7) is 6.86. The van der Waals surface area contributed by atoms with Crippen molar-refractivity contribution in [1.82, 2.24) is 9.97 Å². The summed E-state index contributed by atoms with van der Waals surface area (Å²) in [5, 5.41) is 9.57. The van der Waals surface area contributed by atoms with E-state index >= 15 is 0 Å². The Bertz CT molecular complexity index is 473. The maximum atomic E-state index is 11.5. The van der Waals surface area contributed by atoms with Crippen molar-refractivity contribution in [2.45, 2.75) is 38.5 Å². The lowest BCUT2D eigenvalue weighted by atomic mass is 10.2. The number of aromatic nitrogens is 2. The molecule has 4 nitrogen and oxygen atoms in total. The van der Waals surface area contributed by atoms with Crippen molar-refractivity contribution in [3.8, 4) is 5.88 Å². The fourth-order valence-corrected chi connectivity index (χ4v) is 2.95.